The summed E-state index contributed by atoms with van der Waals surface area (Å²) < 4.78 is 7.25. The molecule has 184 valence electrons. The fraction of sp³-hybridized carbons (Fsp3) is 0.185. The Hall–Kier alpha value is -4.50. The maximum Gasteiger partial charge on any atom is 0.336 e. The highest BCUT2D eigenvalue weighted by molar-refractivity contribution is 5.91. The third kappa shape index (κ3) is 5.59. The number of ether oxygens (including phenoxy) is 1. The SMILES string of the molecule is COCCNC(=O)Cc1ccc(-n2c(=O)c3ccccc3n(CC(=O)Nc3ccccc3)c2=O)cc1. The molecule has 36 heavy (non-hydrogen) atoms. The number of nitrogens with zero attached hydrogens (tertiary/aromatic N) is 2. The molecule has 3 aromatic carbocycles. The molecule has 4 rings (SSSR count). The third-order valence-corrected chi connectivity index (χ3v) is 5.60. The van der Waals surface area contributed by atoms with Gasteiger partial charge in [-0.05, 0) is 42.0 Å². The molecule has 0 atom stereocenters. The number of methoxy groups -OCH3 is 1. The van der Waals surface area contributed by atoms with Gasteiger partial charge in [0, 0.05) is 19.3 Å². The molecule has 0 aliphatic carbocycles. The second-order valence-corrected chi connectivity index (χ2v) is 8.13. The van der Waals surface area contributed by atoms with Crippen molar-refractivity contribution >= 4 is 28.4 Å². The fourth-order valence-electron chi connectivity index (χ4n) is 3.87. The maximum atomic E-state index is 13.5. The van der Waals surface area contributed by atoms with Crippen molar-refractivity contribution in [3.63, 3.8) is 0 Å². The van der Waals surface area contributed by atoms with Crippen molar-refractivity contribution in [2.75, 3.05) is 25.6 Å². The second kappa shape index (κ2) is 11.3. The van der Waals surface area contributed by atoms with Crippen molar-refractivity contribution in [1.82, 2.24) is 14.5 Å². The Bertz CT molecular complexity index is 1490. The van der Waals surface area contributed by atoms with Crippen molar-refractivity contribution in [2.45, 2.75) is 13.0 Å². The van der Waals surface area contributed by atoms with Crippen LogP contribution in [0.15, 0.2) is 88.5 Å². The molecule has 0 spiro atoms. The van der Waals surface area contributed by atoms with Crippen LogP contribution in [0.4, 0.5) is 5.69 Å². The van der Waals surface area contributed by atoms with Crippen LogP contribution in [0.2, 0.25) is 0 Å². The Morgan fingerprint density at radius 2 is 1.56 bits per heavy atom. The second-order valence-electron chi connectivity index (χ2n) is 8.13. The Morgan fingerprint density at radius 1 is 0.861 bits per heavy atom. The number of para-hydroxylation sites is 2. The highest BCUT2D eigenvalue weighted by Gasteiger charge is 2.17. The minimum Gasteiger partial charge on any atom is -0.383 e. The number of anilines is 1. The molecule has 9 nitrogen and oxygen atoms in total. The van der Waals surface area contributed by atoms with E-state index in [2.05, 4.69) is 10.6 Å². The topological polar surface area (TPSA) is 111 Å². The van der Waals surface area contributed by atoms with Gasteiger partial charge in [0.2, 0.25) is 11.8 Å². The van der Waals surface area contributed by atoms with Gasteiger partial charge in [-0.3, -0.25) is 19.0 Å². The summed E-state index contributed by atoms with van der Waals surface area (Å²) in [5.41, 5.74) is 0.931. The number of carbonyl (C=O) groups excluding carboxylic acids is 2. The molecule has 0 fully saturated rings. The van der Waals surface area contributed by atoms with Crippen LogP contribution < -0.4 is 21.9 Å². The van der Waals surface area contributed by atoms with Crippen molar-refractivity contribution < 1.29 is 14.3 Å². The standard InChI is InChI=1S/C27H26N4O5/c1-36-16-15-28-24(32)17-19-11-13-21(14-12-19)31-26(34)22-9-5-6-10-23(22)30(27(31)35)18-25(33)29-20-7-3-2-4-8-20/h2-14H,15-18H2,1H3,(H,28,32)(H,29,33). The molecule has 9 heteroatoms. The number of hydrogen-bond acceptors (Lipinski definition) is 5. The summed E-state index contributed by atoms with van der Waals surface area (Å²) in [6.45, 7) is 0.566. The van der Waals surface area contributed by atoms with Crippen molar-refractivity contribution in [2.24, 2.45) is 0 Å². The molecule has 0 saturated carbocycles. The molecular weight excluding hydrogens is 460 g/mol. The fourth-order valence-corrected chi connectivity index (χ4v) is 3.87. The normalized spacial score (nSPS) is 10.8. The molecule has 4 aromatic rings. The van der Waals surface area contributed by atoms with Crippen LogP contribution in [0.3, 0.4) is 0 Å². The molecule has 0 bridgehead atoms. The lowest BCUT2D eigenvalue weighted by molar-refractivity contribution is -0.120. The lowest BCUT2D eigenvalue weighted by atomic mass is 10.1. The monoisotopic (exact) mass is 486 g/mol. The quantitative estimate of drug-likeness (QED) is 0.352. The lowest BCUT2D eigenvalue weighted by Gasteiger charge is -2.14. The average molecular weight is 487 g/mol. The van der Waals surface area contributed by atoms with Gasteiger partial charge in [-0.25, -0.2) is 9.36 Å². The zero-order valence-corrected chi connectivity index (χ0v) is 19.8. The van der Waals surface area contributed by atoms with Crippen LogP contribution in [-0.2, 0) is 27.3 Å². The van der Waals surface area contributed by atoms with E-state index in [1.807, 2.05) is 6.07 Å². The third-order valence-electron chi connectivity index (χ3n) is 5.60. The highest BCUT2D eigenvalue weighted by Crippen LogP contribution is 2.12. The Balaban J connectivity index is 1.66. The zero-order valence-electron chi connectivity index (χ0n) is 19.8. The first kappa shape index (κ1) is 24.6. The lowest BCUT2D eigenvalue weighted by Crippen LogP contribution is -2.40. The van der Waals surface area contributed by atoms with Gasteiger partial charge in [0.15, 0.2) is 0 Å². The number of benzene rings is 3. The van der Waals surface area contributed by atoms with Gasteiger partial charge in [-0.1, -0.05) is 42.5 Å². The molecule has 1 heterocycles. The summed E-state index contributed by atoms with van der Waals surface area (Å²) in [6, 6.07) is 22.2. The Labute approximate surface area is 207 Å². The number of aromatic nitrogens is 2. The summed E-state index contributed by atoms with van der Waals surface area (Å²) in [6.07, 6.45) is 0.153. The van der Waals surface area contributed by atoms with E-state index in [9.17, 15) is 19.2 Å². The van der Waals surface area contributed by atoms with E-state index >= 15 is 0 Å². The Morgan fingerprint density at radius 3 is 2.28 bits per heavy atom. The van der Waals surface area contributed by atoms with Crippen LogP contribution in [0.25, 0.3) is 16.6 Å². The molecule has 0 aliphatic rings. The summed E-state index contributed by atoms with van der Waals surface area (Å²) in [7, 11) is 1.56. The van der Waals surface area contributed by atoms with Crippen LogP contribution in [-0.4, -0.2) is 41.2 Å². The molecular formula is C27H26N4O5. The van der Waals surface area contributed by atoms with E-state index in [0.29, 0.717) is 35.4 Å². The first-order valence-electron chi connectivity index (χ1n) is 11.4. The van der Waals surface area contributed by atoms with Gasteiger partial charge >= 0.3 is 5.69 Å². The molecule has 0 aliphatic heterocycles. The van der Waals surface area contributed by atoms with Crippen molar-refractivity contribution in [3.8, 4) is 5.69 Å². The van der Waals surface area contributed by atoms with E-state index in [1.165, 1.54) is 4.57 Å². The smallest absolute Gasteiger partial charge is 0.336 e. The molecule has 0 unspecified atom stereocenters. The van der Waals surface area contributed by atoms with Crippen LogP contribution in [0.5, 0.6) is 0 Å². The van der Waals surface area contributed by atoms with Crippen molar-refractivity contribution in [1.29, 1.82) is 0 Å². The first-order valence-corrected chi connectivity index (χ1v) is 11.4. The molecule has 2 N–H and O–H groups in total. The molecule has 2 amide bonds. The maximum absolute atomic E-state index is 13.5. The summed E-state index contributed by atoms with van der Waals surface area (Å²) in [4.78, 5) is 51.5. The highest BCUT2D eigenvalue weighted by atomic mass is 16.5. The van der Waals surface area contributed by atoms with Gasteiger partial charge in [0.1, 0.15) is 6.54 Å². The van der Waals surface area contributed by atoms with Gasteiger partial charge < -0.3 is 15.4 Å². The molecule has 0 saturated heterocycles. The van der Waals surface area contributed by atoms with Gasteiger partial charge in [-0.15, -0.1) is 0 Å². The summed E-state index contributed by atoms with van der Waals surface area (Å²) in [5, 5.41) is 5.83. The Kier molecular flexibility index (Phi) is 7.72. The minimum absolute atomic E-state index is 0.153. The predicted molar refractivity (Wildman–Crippen MR) is 137 cm³/mol. The summed E-state index contributed by atoms with van der Waals surface area (Å²) >= 11 is 0. The molecule has 0 radical (unpaired) electrons. The van der Waals surface area contributed by atoms with E-state index in [1.54, 1.807) is 79.9 Å². The van der Waals surface area contributed by atoms with Gasteiger partial charge in [0.25, 0.3) is 5.56 Å². The number of fused-ring (bicyclic) bond motifs is 1. The predicted octanol–water partition coefficient (Wildman–Crippen LogP) is 2.10. The van der Waals surface area contributed by atoms with Crippen molar-refractivity contribution in [3.05, 3.63) is 105 Å². The van der Waals surface area contributed by atoms with E-state index < -0.39 is 17.2 Å². The van der Waals surface area contributed by atoms with Crippen LogP contribution in [0, 0.1) is 0 Å². The van der Waals surface area contributed by atoms with E-state index in [-0.39, 0.29) is 18.9 Å². The van der Waals surface area contributed by atoms with Crippen LogP contribution in [0.1, 0.15) is 5.56 Å². The first-order chi connectivity index (χ1) is 17.5. The van der Waals surface area contributed by atoms with Crippen LogP contribution >= 0.6 is 0 Å². The zero-order chi connectivity index (χ0) is 25.5. The number of hydrogen-bond donors (Lipinski definition) is 2. The summed E-state index contributed by atoms with van der Waals surface area (Å²) in [5.74, 6) is -0.553. The van der Waals surface area contributed by atoms with E-state index in [0.717, 1.165) is 10.1 Å². The number of amides is 2. The minimum atomic E-state index is -0.632. The van der Waals surface area contributed by atoms with Gasteiger partial charge in [0.05, 0.1) is 29.6 Å². The number of nitrogens with one attached hydrogen (secondary N) is 2. The largest absolute Gasteiger partial charge is 0.383 e. The van der Waals surface area contributed by atoms with Gasteiger partial charge in [-0.2, -0.15) is 0 Å². The van der Waals surface area contributed by atoms with E-state index in [4.69, 9.17) is 4.74 Å². The average Bonchev–Trinajstić information content (AvgIpc) is 2.88. The molecule has 1 aromatic heterocycles. The number of carbonyl (C=O) groups is 2. The number of rotatable bonds is 9.